The fourth-order valence-corrected chi connectivity index (χ4v) is 2.47. The van der Waals surface area contributed by atoms with Crippen LogP contribution < -0.4 is 4.74 Å². The normalized spacial score (nSPS) is 10.6. The molecule has 0 unspecified atom stereocenters. The number of halogens is 2. The van der Waals surface area contributed by atoms with E-state index in [4.69, 9.17) is 26.0 Å². The molecule has 24 heavy (non-hydrogen) atoms. The van der Waals surface area contributed by atoms with Crippen LogP contribution in [0.25, 0.3) is 22.8 Å². The summed E-state index contributed by atoms with van der Waals surface area (Å²) in [4.78, 5) is 15.0. The van der Waals surface area contributed by atoms with Gasteiger partial charge in [-0.25, -0.2) is 4.79 Å². The SMILES string of the molecule is O=C(O)COc1ccc(Br)cc1-c1nc(-c2ccc(Cl)cc2)no1. The monoisotopic (exact) mass is 408 g/mol. The molecule has 0 amide bonds. The molecular formula is C16H10BrClN2O4. The molecule has 3 aromatic rings. The predicted molar refractivity (Wildman–Crippen MR) is 91.0 cm³/mol. The minimum absolute atomic E-state index is 0.224. The number of aromatic nitrogens is 2. The number of hydrogen-bond donors (Lipinski definition) is 1. The Morgan fingerprint density at radius 3 is 2.71 bits per heavy atom. The summed E-state index contributed by atoms with van der Waals surface area (Å²) < 4.78 is 11.3. The van der Waals surface area contributed by atoms with E-state index >= 15 is 0 Å². The van der Waals surface area contributed by atoms with Crippen molar-refractivity contribution in [2.24, 2.45) is 0 Å². The number of nitrogens with zero attached hydrogens (tertiary/aromatic N) is 2. The van der Waals surface area contributed by atoms with Crippen molar-refractivity contribution in [3.8, 4) is 28.6 Å². The van der Waals surface area contributed by atoms with Crippen molar-refractivity contribution < 1.29 is 19.2 Å². The molecule has 2 aromatic carbocycles. The molecule has 1 aromatic heterocycles. The molecule has 0 bridgehead atoms. The first kappa shape index (κ1) is 16.5. The zero-order valence-electron chi connectivity index (χ0n) is 12.1. The van der Waals surface area contributed by atoms with E-state index in [9.17, 15) is 4.79 Å². The summed E-state index contributed by atoms with van der Waals surface area (Å²) in [5, 5.41) is 13.3. The third-order valence-electron chi connectivity index (χ3n) is 3.05. The van der Waals surface area contributed by atoms with Gasteiger partial charge in [0.05, 0.1) is 5.56 Å². The molecule has 6 nitrogen and oxygen atoms in total. The Hall–Kier alpha value is -2.38. The predicted octanol–water partition coefficient (Wildman–Crippen LogP) is 4.28. The fraction of sp³-hybridized carbons (Fsp3) is 0.0625. The maximum absolute atomic E-state index is 10.7. The number of ether oxygens (including phenoxy) is 1. The van der Waals surface area contributed by atoms with Crippen LogP contribution in [0, 0.1) is 0 Å². The molecule has 1 N–H and O–H groups in total. The molecule has 0 aliphatic heterocycles. The van der Waals surface area contributed by atoms with Crippen LogP contribution in [0.2, 0.25) is 5.02 Å². The van der Waals surface area contributed by atoms with Crippen LogP contribution in [0.1, 0.15) is 0 Å². The molecule has 0 atom stereocenters. The summed E-state index contributed by atoms with van der Waals surface area (Å²) in [5.41, 5.74) is 1.25. The molecule has 0 spiro atoms. The maximum Gasteiger partial charge on any atom is 0.341 e. The van der Waals surface area contributed by atoms with Gasteiger partial charge in [-0.05, 0) is 42.5 Å². The van der Waals surface area contributed by atoms with E-state index < -0.39 is 12.6 Å². The van der Waals surface area contributed by atoms with Gasteiger partial charge < -0.3 is 14.4 Å². The van der Waals surface area contributed by atoms with E-state index in [0.29, 0.717) is 22.2 Å². The number of carboxylic acid groups (broad SMARTS) is 1. The smallest absolute Gasteiger partial charge is 0.341 e. The summed E-state index contributed by atoms with van der Waals surface area (Å²) >= 11 is 9.22. The van der Waals surface area contributed by atoms with E-state index in [2.05, 4.69) is 26.1 Å². The standard InChI is InChI=1S/C16H10BrClN2O4/c17-10-3-6-13(23-8-14(21)22)12(7-10)16-19-15(20-24-16)9-1-4-11(18)5-2-9/h1-7H,8H2,(H,21,22). The van der Waals surface area contributed by atoms with Crippen LogP contribution >= 0.6 is 27.5 Å². The summed E-state index contributed by atoms with van der Waals surface area (Å²) in [6, 6.07) is 12.1. The lowest BCUT2D eigenvalue weighted by molar-refractivity contribution is -0.139. The zero-order valence-corrected chi connectivity index (χ0v) is 14.4. The molecule has 0 saturated heterocycles. The van der Waals surface area contributed by atoms with Crippen molar-refractivity contribution in [1.29, 1.82) is 0 Å². The van der Waals surface area contributed by atoms with Crippen molar-refractivity contribution in [2.75, 3.05) is 6.61 Å². The third-order valence-corrected chi connectivity index (χ3v) is 3.80. The average Bonchev–Trinajstić information content (AvgIpc) is 3.04. The van der Waals surface area contributed by atoms with Crippen LogP contribution in [0.3, 0.4) is 0 Å². The highest BCUT2D eigenvalue weighted by Gasteiger charge is 2.16. The Morgan fingerprint density at radius 2 is 2.00 bits per heavy atom. The quantitative estimate of drug-likeness (QED) is 0.677. The van der Waals surface area contributed by atoms with E-state index in [1.807, 2.05) is 0 Å². The van der Waals surface area contributed by atoms with Gasteiger partial charge in [0, 0.05) is 15.1 Å². The van der Waals surface area contributed by atoms with Gasteiger partial charge in [-0.3, -0.25) is 0 Å². The summed E-state index contributed by atoms with van der Waals surface area (Å²) in [6.45, 7) is -0.465. The molecule has 0 fully saturated rings. The summed E-state index contributed by atoms with van der Waals surface area (Å²) in [7, 11) is 0. The molecule has 0 saturated carbocycles. The third kappa shape index (κ3) is 3.74. The van der Waals surface area contributed by atoms with Crippen LogP contribution in [0.5, 0.6) is 5.75 Å². The number of rotatable bonds is 5. The second-order valence-corrected chi connectivity index (χ2v) is 6.11. The van der Waals surface area contributed by atoms with Gasteiger partial charge in [0.1, 0.15) is 5.75 Å². The van der Waals surface area contributed by atoms with E-state index in [1.165, 1.54) is 0 Å². The van der Waals surface area contributed by atoms with Crippen molar-refractivity contribution in [2.45, 2.75) is 0 Å². The van der Waals surface area contributed by atoms with Gasteiger partial charge in [-0.2, -0.15) is 4.98 Å². The Balaban J connectivity index is 1.95. The largest absolute Gasteiger partial charge is 0.481 e. The Bertz CT molecular complexity index is 880. The minimum Gasteiger partial charge on any atom is -0.481 e. The van der Waals surface area contributed by atoms with E-state index in [-0.39, 0.29) is 5.89 Å². The van der Waals surface area contributed by atoms with E-state index in [0.717, 1.165) is 10.0 Å². The highest BCUT2D eigenvalue weighted by atomic mass is 79.9. The molecule has 8 heteroatoms. The number of carboxylic acids is 1. The first-order chi connectivity index (χ1) is 11.5. The highest BCUT2D eigenvalue weighted by molar-refractivity contribution is 9.10. The number of carbonyl (C=O) groups is 1. The second-order valence-electron chi connectivity index (χ2n) is 4.75. The summed E-state index contributed by atoms with van der Waals surface area (Å²) in [5.74, 6) is -0.115. The molecule has 0 aliphatic rings. The van der Waals surface area contributed by atoms with Gasteiger partial charge in [0.25, 0.3) is 5.89 Å². The highest BCUT2D eigenvalue weighted by Crippen LogP contribution is 2.33. The lowest BCUT2D eigenvalue weighted by atomic mass is 10.2. The van der Waals surface area contributed by atoms with E-state index in [1.54, 1.807) is 42.5 Å². The van der Waals surface area contributed by atoms with Gasteiger partial charge in [-0.1, -0.05) is 32.7 Å². The first-order valence-electron chi connectivity index (χ1n) is 6.77. The molecule has 122 valence electrons. The second kappa shape index (κ2) is 7.02. The van der Waals surface area contributed by atoms with Crippen molar-refractivity contribution in [3.05, 3.63) is 52.0 Å². The average molecular weight is 410 g/mol. The van der Waals surface area contributed by atoms with Crippen LogP contribution in [-0.4, -0.2) is 27.8 Å². The van der Waals surface area contributed by atoms with Gasteiger partial charge in [0.15, 0.2) is 6.61 Å². The topological polar surface area (TPSA) is 85.5 Å². The maximum atomic E-state index is 10.7. The Kier molecular flexibility index (Phi) is 4.82. The summed E-state index contributed by atoms with van der Waals surface area (Å²) in [6.07, 6.45) is 0. The molecular weight excluding hydrogens is 400 g/mol. The van der Waals surface area contributed by atoms with Crippen LogP contribution in [0.15, 0.2) is 51.5 Å². The minimum atomic E-state index is -1.07. The lowest BCUT2D eigenvalue weighted by Gasteiger charge is -2.07. The zero-order chi connectivity index (χ0) is 17.1. The van der Waals surface area contributed by atoms with Crippen LogP contribution in [-0.2, 0) is 4.79 Å². The van der Waals surface area contributed by atoms with Crippen molar-refractivity contribution in [1.82, 2.24) is 10.1 Å². The van der Waals surface area contributed by atoms with Crippen molar-refractivity contribution >= 4 is 33.5 Å². The Labute approximate surface area is 150 Å². The number of aliphatic carboxylic acids is 1. The Morgan fingerprint density at radius 1 is 1.25 bits per heavy atom. The van der Waals surface area contributed by atoms with Crippen molar-refractivity contribution in [3.63, 3.8) is 0 Å². The van der Waals surface area contributed by atoms with Gasteiger partial charge >= 0.3 is 5.97 Å². The first-order valence-corrected chi connectivity index (χ1v) is 7.94. The number of hydrogen-bond acceptors (Lipinski definition) is 5. The molecule has 3 rings (SSSR count). The lowest BCUT2D eigenvalue weighted by Crippen LogP contribution is -2.10. The molecule has 0 aliphatic carbocycles. The van der Waals surface area contributed by atoms with Gasteiger partial charge in [-0.15, -0.1) is 0 Å². The fourth-order valence-electron chi connectivity index (χ4n) is 1.98. The molecule has 1 heterocycles. The molecule has 0 radical (unpaired) electrons. The van der Waals surface area contributed by atoms with Gasteiger partial charge in [0.2, 0.25) is 5.82 Å². The van der Waals surface area contributed by atoms with Crippen LogP contribution in [0.4, 0.5) is 0 Å². The number of benzene rings is 2.